The molecule has 2 atom stereocenters. The summed E-state index contributed by atoms with van der Waals surface area (Å²) < 4.78 is 38.7. The van der Waals surface area contributed by atoms with Gasteiger partial charge in [-0.1, -0.05) is 43.0 Å². The molecule has 1 amide bonds. The topological polar surface area (TPSA) is 84.9 Å². The summed E-state index contributed by atoms with van der Waals surface area (Å²) in [5.74, 6) is -0.0648. The van der Waals surface area contributed by atoms with Crippen LogP contribution in [0.1, 0.15) is 50.4 Å². The smallest absolute Gasteiger partial charge is 0.255 e. The molecule has 34 heavy (non-hydrogen) atoms. The van der Waals surface area contributed by atoms with E-state index in [0.29, 0.717) is 31.1 Å². The van der Waals surface area contributed by atoms with Gasteiger partial charge in [-0.2, -0.15) is 4.31 Å². The van der Waals surface area contributed by atoms with E-state index in [-0.39, 0.29) is 32.7 Å². The summed E-state index contributed by atoms with van der Waals surface area (Å²) in [4.78, 5) is 12.9. The van der Waals surface area contributed by atoms with Gasteiger partial charge in [0.2, 0.25) is 10.0 Å². The van der Waals surface area contributed by atoms with Crippen molar-refractivity contribution in [2.75, 3.05) is 25.0 Å². The second kappa shape index (κ2) is 11.7. The average Bonchev–Trinajstić information content (AvgIpc) is 2.77. The number of ether oxygens (including phenoxy) is 2. The molecule has 1 fully saturated rings. The molecule has 0 aliphatic carbocycles. The number of sulfonamides is 1. The predicted octanol–water partition coefficient (Wildman–Crippen LogP) is 5.61. The monoisotopic (exact) mass is 528 g/mol. The fourth-order valence-corrected chi connectivity index (χ4v) is 5.93. The molecule has 0 bridgehead atoms. The number of morpholine rings is 1. The van der Waals surface area contributed by atoms with Gasteiger partial charge in [0.1, 0.15) is 0 Å². The Morgan fingerprint density at radius 2 is 1.68 bits per heavy atom. The molecule has 186 valence electrons. The molecule has 10 heteroatoms. The minimum atomic E-state index is -3.66. The first kappa shape index (κ1) is 26.8. The van der Waals surface area contributed by atoms with Crippen molar-refractivity contribution >= 4 is 44.8 Å². The molecule has 3 rings (SSSR count). The summed E-state index contributed by atoms with van der Waals surface area (Å²) in [6.45, 7) is 6.89. The van der Waals surface area contributed by atoms with Crippen LogP contribution >= 0.6 is 23.2 Å². The van der Waals surface area contributed by atoms with Gasteiger partial charge in [-0.05, 0) is 56.7 Å². The van der Waals surface area contributed by atoms with E-state index in [9.17, 15) is 13.2 Å². The standard InChI is InChI=1S/C24H30Cl2N2O5S/c1-4-5-6-11-32-23-21(25)12-18(13-22(23)26)24(29)27-19-7-9-20(10-8-19)34(30,31)28-14-16(2)33-17(3)15-28/h7-10,12-13,16-17H,4-6,11,14-15H2,1-3H3,(H,27,29). The van der Waals surface area contributed by atoms with Crippen LogP contribution in [0.2, 0.25) is 10.0 Å². The molecule has 2 aromatic carbocycles. The molecule has 1 saturated heterocycles. The summed E-state index contributed by atoms with van der Waals surface area (Å²) in [7, 11) is -3.66. The van der Waals surface area contributed by atoms with Crippen LogP contribution in [-0.4, -0.2) is 50.5 Å². The van der Waals surface area contributed by atoms with Gasteiger partial charge >= 0.3 is 0 Å². The van der Waals surface area contributed by atoms with Gasteiger partial charge in [-0.15, -0.1) is 0 Å². The van der Waals surface area contributed by atoms with E-state index in [1.54, 1.807) is 12.1 Å². The Hall–Kier alpha value is -1.84. The van der Waals surface area contributed by atoms with Crippen LogP contribution in [0.4, 0.5) is 5.69 Å². The summed E-state index contributed by atoms with van der Waals surface area (Å²) in [6, 6.07) is 9.04. The van der Waals surface area contributed by atoms with E-state index in [4.69, 9.17) is 32.7 Å². The summed E-state index contributed by atoms with van der Waals surface area (Å²) in [5, 5.41) is 3.25. The fraction of sp³-hybridized carbons (Fsp3) is 0.458. The van der Waals surface area contributed by atoms with Gasteiger partial charge in [0.05, 0.1) is 33.8 Å². The minimum absolute atomic E-state index is 0.155. The molecule has 0 saturated carbocycles. The van der Waals surface area contributed by atoms with Gasteiger partial charge in [-0.3, -0.25) is 4.79 Å². The van der Waals surface area contributed by atoms with Crippen molar-refractivity contribution in [3.8, 4) is 5.75 Å². The summed E-state index contributed by atoms with van der Waals surface area (Å²) in [6.07, 6.45) is 2.65. The van der Waals surface area contributed by atoms with Crippen molar-refractivity contribution < 1.29 is 22.7 Å². The second-order valence-electron chi connectivity index (χ2n) is 8.38. The van der Waals surface area contributed by atoms with E-state index in [0.717, 1.165) is 19.3 Å². The van der Waals surface area contributed by atoms with E-state index in [2.05, 4.69) is 12.2 Å². The van der Waals surface area contributed by atoms with Crippen molar-refractivity contribution in [3.05, 3.63) is 52.0 Å². The van der Waals surface area contributed by atoms with E-state index in [1.165, 1.54) is 28.6 Å². The van der Waals surface area contributed by atoms with Crippen molar-refractivity contribution in [2.24, 2.45) is 0 Å². The Kier molecular flexibility index (Phi) is 9.23. The largest absolute Gasteiger partial charge is 0.490 e. The molecule has 0 spiro atoms. The lowest BCUT2D eigenvalue weighted by Gasteiger charge is -2.34. The maximum absolute atomic E-state index is 13.0. The number of anilines is 1. The van der Waals surface area contributed by atoms with E-state index >= 15 is 0 Å². The first-order valence-corrected chi connectivity index (χ1v) is 13.5. The Morgan fingerprint density at radius 3 is 2.24 bits per heavy atom. The number of rotatable bonds is 9. The number of halogens is 2. The molecule has 7 nitrogen and oxygen atoms in total. The maximum atomic E-state index is 13.0. The number of amides is 1. The van der Waals surface area contributed by atoms with Gasteiger partial charge in [-0.25, -0.2) is 8.42 Å². The molecular weight excluding hydrogens is 499 g/mol. The highest BCUT2D eigenvalue weighted by Crippen LogP contribution is 2.34. The zero-order chi connectivity index (χ0) is 24.9. The molecule has 1 aliphatic heterocycles. The SMILES string of the molecule is CCCCCOc1c(Cl)cc(C(=O)Nc2ccc(S(=O)(=O)N3CC(C)OC(C)C3)cc2)cc1Cl. The zero-order valence-electron chi connectivity index (χ0n) is 19.5. The first-order chi connectivity index (χ1) is 16.1. The van der Waals surface area contributed by atoms with Crippen LogP contribution < -0.4 is 10.1 Å². The lowest BCUT2D eigenvalue weighted by Crippen LogP contribution is -2.48. The van der Waals surface area contributed by atoms with Gasteiger partial charge in [0, 0.05) is 24.3 Å². The Bertz CT molecular complexity index is 1080. The number of nitrogens with one attached hydrogen (secondary N) is 1. The van der Waals surface area contributed by atoms with Crippen LogP contribution in [0.25, 0.3) is 0 Å². The van der Waals surface area contributed by atoms with Crippen molar-refractivity contribution in [2.45, 2.75) is 57.1 Å². The molecule has 1 heterocycles. The van der Waals surface area contributed by atoms with Crippen LogP contribution in [-0.2, 0) is 14.8 Å². The Morgan fingerprint density at radius 1 is 1.09 bits per heavy atom. The number of carbonyl (C=O) groups is 1. The highest BCUT2D eigenvalue weighted by atomic mass is 35.5. The lowest BCUT2D eigenvalue weighted by atomic mass is 10.2. The lowest BCUT2D eigenvalue weighted by molar-refractivity contribution is -0.0440. The first-order valence-electron chi connectivity index (χ1n) is 11.3. The third kappa shape index (κ3) is 6.64. The zero-order valence-corrected chi connectivity index (χ0v) is 21.8. The Balaban J connectivity index is 1.68. The Labute approximate surface area is 211 Å². The van der Waals surface area contributed by atoms with Crippen LogP contribution in [0.15, 0.2) is 41.3 Å². The molecule has 2 aromatic rings. The predicted molar refractivity (Wildman–Crippen MR) is 135 cm³/mol. The van der Waals surface area contributed by atoms with Crippen molar-refractivity contribution in [3.63, 3.8) is 0 Å². The maximum Gasteiger partial charge on any atom is 0.255 e. The minimum Gasteiger partial charge on any atom is -0.490 e. The van der Waals surface area contributed by atoms with Crippen LogP contribution in [0.5, 0.6) is 5.75 Å². The van der Waals surface area contributed by atoms with E-state index < -0.39 is 15.9 Å². The number of hydrogen-bond donors (Lipinski definition) is 1. The van der Waals surface area contributed by atoms with Crippen molar-refractivity contribution in [1.29, 1.82) is 0 Å². The molecular formula is C24H30Cl2N2O5S. The number of hydrogen-bond acceptors (Lipinski definition) is 5. The number of benzene rings is 2. The molecule has 0 radical (unpaired) electrons. The van der Waals surface area contributed by atoms with Crippen LogP contribution in [0, 0.1) is 0 Å². The highest BCUT2D eigenvalue weighted by molar-refractivity contribution is 7.89. The van der Waals surface area contributed by atoms with E-state index in [1.807, 2.05) is 13.8 Å². The second-order valence-corrected chi connectivity index (χ2v) is 11.1. The molecule has 1 N–H and O–H groups in total. The van der Waals surface area contributed by atoms with Gasteiger partial charge in [0.25, 0.3) is 5.91 Å². The van der Waals surface area contributed by atoms with Crippen LogP contribution in [0.3, 0.4) is 0 Å². The molecule has 2 unspecified atom stereocenters. The van der Waals surface area contributed by atoms with Crippen molar-refractivity contribution in [1.82, 2.24) is 4.31 Å². The fourth-order valence-electron chi connectivity index (χ4n) is 3.74. The normalized spacial score (nSPS) is 19.1. The third-order valence-electron chi connectivity index (χ3n) is 5.39. The summed E-state index contributed by atoms with van der Waals surface area (Å²) in [5.41, 5.74) is 0.712. The molecule has 0 aromatic heterocycles. The number of carbonyl (C=O) groups excluding carboxylic acids is 1. The van der Waals surface area contributed by atoms with Gasteiger partial charge in [0.15, 0.2) is 5.75 Å². The number of unbranched alkanes of at least 4 members (excludes halogenated alkanes) is 2. The average molecular weight is 529 g/mol. The summed E-state index contributed by atoms with van der Waals surface area (Å²) >= 11 is 12.6. The molecule has 1 aliphatic rings. The third-order valence-corrected chi connectivity index (χ3v) is 7.80. The number of nitrogens with zero attached hydrogens (tertiary/aromatic N) is 1. The van der Waals surface area contributed by atoms with Gasteiger partial charge < -0.3 is 14.8 Å². The highest BCUT2D eigenvalue weighted by Gasteiger charge is 2.32. The quantitative estimate of drug-likeness (QED) is 0.427.